The third-order valence-corrected chi connectivity index (χ3v) is 0.604. The molecule has 0 saturated carbocycles. The number of carbonyl (C=O) groups is 1. The Bertz CT molecular complexity index is 91.0. The molecule has 1 unspecified atom stereocenters. The molecule has 0 fully saturated rings. The van der Waals surface area contributed by atoms with Crippen molar-refractivity contribution in [2.75, 3.05) is 13.2 Å². The molecular weight excluding hydrogens is 128 g/mol. The van der Waals surface area contributed by atoms with Crippen molar-refractivity contribution < 1.29 is 24.9 Å². The van der Waals surface area contributed by atoms with E-state index < -0.39 is 25.5 Å². The fourth-order valence-electron chi connectivity index (χ4n) is 0.217. The second kappa shape index (κ2) is 4.11. The van der Waals surface area contributed by atoms with Crippen LogP contribution in [0.3, 0.4) is 0 Å². The quantitative estimate of drug-likeness (QED) is 0.425. The molecule has 0 aromatic heterocycles. The summed E-state index contributed by atoms with van der Waals surface area (Å²) in [7, 11) is 0. The Balaban J connectivity index is 3.16. The summed E-state index contributed by atoms with van der Waals surface area (Å²) in [6, 6.07) is 0. The van der Waals surface area contributed by atoms with Crippen LogP contribution in [0.25, 0.3) is 0 Å². The smallest absolute Gasteiger partial charge is 0.252 e. The minimum absolute atomic E-state index is 0.446. The molecule has 5 heteroatoms. The minimum Gasteiger partial charge on any atom is -0.547 e. The van der Waals surface area contributed by atoms with E-state index in [1.807, 2.05) is 0 Å². The Morgan fingerprint density at radius 3 is 2.67 bits per heavy atom. The van der Waals surface area contributed by atoms with Crippen molar-refractivity contribution in [3.63, 3.8) is 0 Å². The summed E-state index contributed by atoms with van der Waals surface area (Å²) in [5.41, 5.74) is 0. The highest BCUT2D eigenvalue weighted by Gasteiger charge is 1.97. The summed E-state index contributed by atoms with van der Waals surface area (Å²) >= 11 is 0. The third-order valence-electron chi connectivity index (χ3n) is 0.604. The lowest BCUT2D eigenvalue weighted by Gasteiger charge is -2.10. The SMILES string of the molecule is O=C([O-])OCC(O)CO. The average molecular weight is 135 g/mol. The average Bonchev–Trinajstić information content (AvgIpc) is 1.83. The molecule has 1 atom stereocenters. The number of aliphatic hydroxyl groups is 2. The number of hydrogen-bond acceptors (Lipinski definition) is 5. The maximum Gasteiger partial charge on any atom is 0.252 e. The number of carbonyl (C=O) groups excluding carboxylic acids is 1. The molecule has 0 saturated heterocycles. The standard InChI is InChI=1S/C4H8O5/c5-1-3(6)2-9-4(7)8/h3,5-6H,1-2H2,(H,7,8)/p-1. The van der Waals surface area contributed by atoms with Crippen LogP contribution in [0.1, 0.15) is 0 Å². The molecule has 0 heterocycles. The van der Waals surface area contributed by atoms with Gasteiger partial charge in [0.05, 0.1) is 19.3 Å². The van der Waals surface area contributed by atoms with Gasteiger partial charge in [0.25, 0.3) is 6.16 Å². The lowest BCUT2D eigenvalue weighted by Crippen LogP contribution is -2.29. The van der Waals surface area contributed by atoms with Crippen molar-refractivity contribution in [2.24, 2.45) is 0 Å². The molecule has 0 rings (SSSR count). The molecule has 0 amide bonds. The zero-order chi connectivity index (χ0) is 7.28. The Morgan fingerprint density at radius 1 is 1.78 bits per heavy atom. The van der Waals surface area contributed by atoms with Crippen LogP contribution in [0, 0.1) is 0 Å². The topological polar surface area (TPSA) is 89.8 Å². The van der Waals surface area contributed by atoms with E-state index in [4.69, 9.17) is 10.2 Å². The fraction of sp³-hybridized carbons (Fsp3) is 0.750. The van der Waals surface area contributed by atoms with E-state index in [0.717, 1.165) is 0 Å². The Morgan fingerprint density at radius 2 is 2.33 bits per heavy atom. The van der Waals surface area contributed by atoms with E-state index in [1.165, 1.54) is 0 Å². The maximum atomic E-state index is 9.49. The second-order valence-electron chi connectivity index (χ2n) is 1.40. The van der Waals surface area contributed by atoms with Crippen molar-refractivity contribution >= 4 is 6.16 Å². The number of rotatable bonds is 3. The first kappa shape index (κ1) is 8.19. The Labute approximate surface area is 51.5 Å². The van der Waals surface area contributed by atoms with E-state index in [1.54, 1.807) is 0 Å². The molecule has 0 aromatic rings. The number of ether oxygens (including phenoxy) is 1. The van der Waals surface area contributed by atoms with Gasteiger partial charge in [-0.25, -0.2) is 0 Å². The highest BCUT2D eigenvalue weighted by Crippen LogP contribution is 1.81. The minimum atomic E-state index is -1.71. The van der Waals surface area contributed by atoms with Gasteiger partial charge < -0.3 is 24.9 Å². The molecule has 0 aliphatic rings. The monoisotopic (exact) mass is 135 g/mol. The molecular formula is C4H7O5-. The van der Waals surface area contributed by atoms with Gasteiger partial charge in [-0.05, 0) is 0 Å². The van der Waals surface area contributed by atoms with Crippen LogP contribution >= 0.6 is 0 Å². The summed E-state index contributed by atoms with van der Waals surface area (Å²) < 4.78 is 3.79. The summed E-state index contributed by atoms with van der Waals surface area (Å²) in [4.78, 5) is 9.49. The van der Waals surface area contributed by atoms with Gasteiger partial charge in [0.2, 0.25) is 0 Å². The first-order valence-corrected chi connectivity index (χ1v) is 2.29. The summed E-state index contributed by atoms with van der Waals surface area (Å²) in [6.07, 6.45) is -2.86. The van der Waals surface area contributed by atoms with Gasteiger partial charge in [-0.1, -0.05) is 0 Å². The summed E-state index contributed by atoms with van der Waals surface area (Å²) in [5.74, 6) is 0. The lowest BCUT2D eigenvalue weighted by atomic mass is 10.4. The molecule has 5 nitrogen and oxygen atoms in total. The first-order valence-electron chi connectivity index (χ1n) is 2.29. The van der Waals surface area contributed by atoms with Crippen LogP contribution in [0.15, 0.2) is 0 Å². The lowest BCUT2D eigenvalue weighted by molar-refractivity contribution is -0.284. The highest BCUT2D eigenvalue weighted by atomic mass is 16.7. The molecule has 0 aliphatic carbocycles. The van der Waals surface area contributed by atoms with E-state index in [-0.39, 0.29) is 0 Å². The highest BCUT2D eigenvalue weighted by molar-refractivity contribution is 5.53. The third kappa shape index (κ3) is 5.05. The predicted molar refractivity (Wildman–Crippen MR) is 24.4 cm³/mol. The van der Waals surface area contributed by atoms with Crippen molar-refractivity contribution in [2.45, 2.75) is 6.10 Å². The molecule has 0 aromatic carbocycles. The van der Waals surface area contributed by atoms with E-state index >= 15 is 0 Å². The van der Waals surface area contributed by atoms with Crippen LogP contribution in [-0.2, 0) is 4.74 Å². The molecule has 0 aliphatic heterocycles. The van der Waals surface area contributed by atoms with Gasteiger partial charge in [-0.15, -0.1) is 0 Å². The van der Waals surface area contributed by atoms with Crippen LogP contribution < -0.4 is 5.11 Å². The number of aliphatic hydroxyl groups excluding tert-OH is 2. The molecule has 0 spiro atoms. The van der Waals surface area contributed by atoms with Crippen LogP contribution in [-0.4, -0.2) is 35.7 Å². The number of hydrogen-bond donors (Lipinski definition) is 2. The zero-order valence-electron chi connectivity index (χ0n) is 4.61. The molecule has 0 bridgehead atoms. The van der Waals surface area contributed by atoms with Crippen molar-refractivity contribution in [3.05, 3.63) is 0 Å². The van der Waals surface area contributed by atoms with Gasteiger partial charge in [0, 0.05) is 0 Å². The zero-order valence-corrected chi connectivity index (χ0v) is 4.61. The van der Waals surface area contributed by atoms with Crippen molar-refractivity contribution in [3.8, 4) is 0 Å². The predicted octanol–water partition coefficient (Wildman–Crippen LogP) is -2.30. The van der Waals surface area contributed by atoms with E-state index in [0.29, 0.717) is 0 Å². The largest absolute Gasteiger partial charge is 0.547 e. The van der Waals surface area contributed by atoms with E-state index in [2.05, 4.69) is 4.74 Å². The molecule has 0 radical (unpaired) electrons. The molecule has 9 heavy (non-hydrogen) atoms. The van der Waals surface area contributed by atoms with Gasteiger partial charge in [0.15, 0.2) is 0 Å². The normalized spacial score (nSPS) is 12.7. The Hall–Kier alpha value is -0.810. The van der Waals surface area contributed by atoms with E-state index in [9.17, 15) is 9.90 Å². The van der Waals surface area contributed by atoms with Crippen LogP contribution in [0.4, 0.5) is 4.79 Å². The maximum absolute atomic E-state index is 9.49. The van der Waals surface area contributed by atoms with Crippen molar-refractivity contribution in [1.82, 2.24) is 0 Å². The van der Waals surface area contributed by atoms with Crippen LogP contribution in [0.5, 0.6) is 0 Å². The van der Waals surface area contributed by atoms with Gasteiger partial charge in [-0.3, -0.25) is 0 Å². The molecule has 2 N–H and O–H groups in total. The molecule has 54 valence electrons. The summed E-state index contributed by atoms with van der Waals surface area (Å²) in [6.45, 7) is -0.966. The van der Waals surface area contributed by atoms with Gasteiger partial charge >= 0.3 is 0 Å². The van der Waals surface area contributed by atoms with Gasteiger partial charge in [0.1, 0.15) is 0 Å². The Kier molecular flexibility index (Phi) is 3.74. The van der Waals surface area contributed by atoms with Gasteiger partial charge in [-0.2, -0.15) is 0 Å². The van der Waals surface area contributed by atoms with Crippen molar-refractivity contribution in [1.29, 1.82) is 0 Å². The second-order valence-corrected chi connectivity index (χ2v) is 1.40. The first-order chi connectivity index (χ1) is 4.16. The summed E-state index contributed by atoms with van der Waals surface area (Å²) in [5, 5.41) is 26.0. The fourth-order valence-corrected chi connectivity index (χ4v) is 0.217. The number of carboxylic acid groups (broad SMARTS) is 1. The van der Waals surface area contributed by atoms with Crippen LogP contribution in [0.2, 0.25) is 0 Å².